The summed E-state index contributed by atoms with van der Waals surface area (Å²) in [6.07, 6.45) is -0.749. The van der Waals surface area contributed by atoms with Crippen molar-refractivity contribution < 1.29 is 38.1 Å². The van der Waals surface area contributed by atoms with Crippen molar-refractivity contribution in [1.82, 2.24) is 0 Å². The molecule has 0 saturated heterocycles. The van der Waals surface area contributed by atoms with Crippen molar-refractivity contribution in [3.05, 3.63) is 24.2 Å². The average molecular weight is 312 g/mol. The van der Waals surface area contributed by atoms with Gasteiger partial charge >= 0.3 is 17.9 Å². The van der Waals surface area contributed by atoms with Crippen molar-refractivity contribution in [2.75, 3.05) is 13.7 Å². The highest BCUT2D eigenvalue weighted by Gasteiger charge is 2.63. The lowest BCUT2D eigenvalue weighted by Gasteiger charge is -2.06. The first-order valence-electron chi connectivity index (χ1n) is 6.68. The van der Waals surface area contributed by atoms with E-state index in [0.29, 0.717) is 0 Å². The van der Waals surface area contributed by atoms with Gasteiger partial charge in [0.1, 0.15) is 23.9 Å². The molecule has 120 valence electrons. The van der Waals surface area contributed by atoms with Gasteiger partial charge in [0.25, 0.3) is 0 Å². The molecule has 22 heavy (non-hydrogen) atoms. The fourth-order valence-corrected chi connectivity index (χ4v) is 2.27. The summed E-state index contributed by atoms with van der Waals surface area (Å²) in [5, 5.41) is 10.2. The number of aliphatic hydroxyl groups is 1. The highest BCUT2D eigenvalue weighted by molar-refractivity contribution is 6.29. The summed E-state index contributed by atoms with van der Waals surface area (Å²) in [5.41, 5.74) is 0. The summed E-state index contributed by atoms with van der Waals surface area (Å²) in [7, 11) is 1.04. The molecule has 1 aromatic heterocycles. The second-order valence-electron chi connectivity index (χ2n) is 4.68. The molecule has 2 rings (SSSR count). The summed E-state index contributed by atoms with van der Waals surface area (Å²) >= 11 is 0. The maximum Gasteiger partial charge on any atom is 0.417 e. The molecule has 1 aliphatic carbocycles. The van der Waals surface area contributed by atoms with Crippen molar-refractivity contribution in [2.45, 2.75) is 19.1 Å². The van der Waals surface area contributed by atoms with Crippen LogP contribution in [0.2, 0.25) is 0 Å². The Bertz CT molecular complexity index is 549. The Balaban J connectivity index is 2.09. The number of carbonyl (C=O) groups is 3. The first kappa shape index (κ1) is 16.0. The molecule has 1 heterocycles. The Morgan fingerprint density at radius 3 is 2.64 bits per heavy atom. The number of carbonyl (C=O) groups excluding carboxylic acids is 3. The SMILES string of the molecule is CCOC(=O)[C@H]1[C@H](OC(=O)C(=O)OC)[C@@H]1[C@H](O)c1ccco1. The van der Waals surface area contributed by atoms with E-state index in [1.165, 1.54) is 12.3 Å². The quantitative estimate of drug-likeness (QED) is 0.466. The van der Waals surface area contributed by atoms with E-state index in [0.717, 1.165) is 7.11 Å². The lowest BCUT2D eigenvalue weighted by Crippen LogP contribution is -2.22. The van der Waals surface area contributed by atoms with Crippen LogP contribution < -0.4 is 0 Å². The van der Waals surface area contributed by atoms with Crippen molar-refractivity contribution >= 4 is 17.9 Å². The van der Waals surface area contributed by atoms with Gasteiger partial charge in [-0.3, -0.25) is 4.79 Å². The minimum atomic E-state index is -1.23. The Kier molecular flexibility index (Phi) is 4.81. The second-order valence-corrected chi connectivity index (χ2v) is 4.68. The minimum absolute atomic E-state index is 0.149. The van der Waals surface area contributed by atoms with E-state index in [1.54, 1.807) is 13.0 Å². The van der Waals surface area contributed by atoms with Gasteiger partial charge in [-0.1, -0.05) is 0 Å². The van der Waals surface area contributed by atoms with Crippen LogP contribution in [-0.4, -0.2) is 42.8 Å². The van der Waals surface area contributed by atoms with E-state index < -0.39 is 42.0 Å². The first-order chi connectivity index (χ1) is 10.5. The summed E-state index contributed by atoms with van der Waals surface area (Å²) in [6, 6.07) is 3.11. The van der Waals surface area contributed by atoms with E-state index in [-0.39, 0.29) is 12.4 Å². The Hall–Kier alpha value is -2.35. The maximum atomic E-state index is 11.8. The van der Waals surface area contributed by atoms with E-state index in [2.05, 4.69) is 4.74 Å². The molecule has 8 nitrogen and oxygen atoms in total. The third kappa shape index (κ3) is 3.11. The Labute approximate surface area is 125 Å². The smallest absolute Gasteiger partial charge is 0.417 e. The van der Waals surface area contributed by atoms with Crippen LogP contribution in [0, 0.1) is 11.8 Å². The first-order valence-corrected chi connectivity index (χ1v) is 6.68. The largest absolute Gasteiger partial charge is 0.467 e. The number of esters is 3. The normalized spacial score (nSPS) is 24.2. The minimum Gasteiger partial charge on any atom is -0.467 e. The zero-order valence-corrected chi connectivity index (χ0v) is 12.1. The second kappa shape index (κ2) is 6.61. The predicted molar refractivity (Wildman–Crippen MR) is 69.2 cm³/mol. The molecule has 1 fully saturated rings. The molecule has 0 bridgehead atoms. The van der Waals surface area contributed by atoms with Crippen LogP contribution >= 0.6 is 0 Å². The summed E-state index contributed by atoms with van der Waals surface area (Å²) < 4.78 is 19.1. The molecule has 1 N–H and O–H groups in total. The highest BCUT2D eigenvalue weighted by atomic mass is 16.6. The number of aliphatic hydroxyl groups excluding tert-OH is 1. The van der Waals surface area contributed by atoms with Gasteiger partial charge in [-0.2, -0.15) is 0 Å². The standard InChI is InChI=1S/C14H16O8/c1-3-20-12(16)9-8(10(15)7-5-4-6-21-7)11(9)22-14(18)13(17)19-2/h4-6,8-11,15H,3H2,1-2H3/t8-,9+,10+,11+/m0/s1. The number of hydrogen-bond acceptors (Lipinski definition) is 8. The van der Waals surface area contributed by atoms with Gasteiger partial charge in [0.05, 0.1) is 20.0 Å². The van der Waals surface area contributed by atoms with Crippen LogP contribution in [0.15, 0.2) is 22.8 Å². The molecule has 0 radical (unpaired) electrons. The molecule has 4 atom stereocenters. The van der Waals surface area contributed by atoms with E-state index in [4.69, 9.17) is 13.9 Å². The molecule has 0 aliphatic heterocycles. The molecule has 0 unspecified atom stereocenters. The van der Waals surface area contributed by atoms with Crippen LogP contribution in [0.25, 0.3) is 0 Å². The fourth-order valence-electron chi connectivity index (χ4n) is 2.27. The Morgan fingerprint density at radius 1 is 1.36 bits per heavy atom. The topological polar surface area (TPSA) is 112 Å². The average Bonchev–Trinajstić information content (AvgIpc) is 2.95. The number of rotatable bonds is 5. The van der Waals surface area contributed by atoms with Gasteiger partial charge < -0.3 is 23.7 Å². The number of hydrogen-bond donors (Lipinski definition) is 1. The van der Waals surface area contributed by atoms with Gasteiger partial charge in [0, 0.05) is 5.92 Å². The van der Waals surface area contributed by atoms with Crippen LogP contribution in [0.4, 0.5) is 0 Å². The summed E-state index contributed by atoms with van der Waals surface area (Å²) in [4.78, 5) is 34.4. The van der Waals surface area contributed by atoms with E-state index in [9.17, 15) is 19.5 Å². The molecule has 8 heteroatoms. The molecule has 0 spiro atoms. The third-order valence-corrected chi connectivity index (χ3v) is 3.36. The number of ether oxygens (including phenoxy) is 3. The van der Waals surface area contributed by atoms with Crippen LogP contribution in [0.5, 0.6) is 0 Å². The number of methoxy groups -OCH3 is 1. The Morgan fingerprint density at radius 2 is 2.09 bits per heavy atom. The summed E-state index contributed by atoms with van der Waals surface area (Å²) in [6.45, 7) is 1.78. The number of furan rings is 1. The lowest BCUT2D eigenvalue weighted by atomic mass is 10.1. The maximum absolute atomic E-state index is 11.8. The summed E-state index contributed by atoms with van der Waals surface area (Å²) in [5.74, 6) is -4.37. The molecular weight excluding hydrogens is 296 g/mol. The van der Waals surface area contributed by atoms with Crippen molar-refractivity contribution in [3.8, 4) is 0 Å². The molecular formula is C14H16O8. The lowest BCUT2D eigenvalue weighted by molar-refractivity contribution is -0.168. The van der Waals surface area contributed by atoms with Crippen LogP contribution in [0.3, 0.4) is 0 Å². The zero-order chi connectivity index (χ0) is 16.3. The highest BCUT2D eigenvalue weighted by Crippen LogP contribution is 2.50. The van der Waals surface area contributed by atoms with E-state index >= 15 is 0 Å². The third-order valence-electron chi connectivity index (χ3n) is 3.36. The van der Waals surface area contributed by atoms with Gasteiger partial charge in [-0.05, 0) is 19.1 Å². The molecule has 1 aromatic rings. The van der Waals surface area contributed by atoms with Crippen molar-refractivity contribution in [3.63, 3.8) is 0 Å². The van der Waals surface area contributed by atoms with Crippen molar-refractivity contribution in [2.24, 2.45) is 11.8 Å². The van der Waals surface area contributed by atoms with Gasteiger partial charge in [-0.25, -0.2) is 9.59 Å². The molecule has 1 saturated carbocycles. The fraction of sp³-hybridized carbons (Fsp3) is 0.500. The molecule has 0 aromatic carbocycles. The van der Waals surface area contributed by atoms with Crippen LogP contribution in [-0.2, 0) is 28.6 Å². The van der Waals surface area contributed by atoms with Gasteiger partial charge in [0.15, 0.2) is 0 Å². The zero-order valence-electron chi connectivity index (χ0n) is 12.1. The van der Waals surface area contributed by atoms with Gasteiger partial charge in [-0.15, -0.1) is 0 Å². The monoisotopic (exact) mass is 312 g/mol. The molecule has 1 aliphatic rings. The van der Waals surface area contributed by atoms with Crippen LogP contribution in [0.1, 0.15) is 18.8 Å². The van der Waals surface area contributed by atoms with Crippen molar-refractivity contribution in [1.29, 1.82) is 0 Å². The predicted octanol–water partition coefficient (Wildman–Crippen LogP) is 0.207. The molecule has 0 amide bonds. The van der Waals surface area contributed by atoms with Gasteiger partial charge in [0.2, 0.25) is 0 Å². The van der Waals surface area contributed by atoms with E-state index in [1.807, 2.05) is 0 Å².